The van der Waals surface area contributed by atoms with Gasteiger partial charge in [-0.05, 0) is 35.2 Å². The molecule has 3 aromatic heterocycles. The summed E-state index contributed by atoms with van der Waals surface area (Å²) in [7, 11) is 0. The van der Waals surface area contributed by atoms with Gasteiger partial charge in [0, 0.05) is 20.7 Å². The zero-order valence-corrected chi connectivity index (χ0v) is 15.8. The van der Waals surface area contributed by atoms with Crippen LogP contribution in [0.2, 0.25) is 5.02 Å². The molecule has 1 amide bonds. The number of anilines is 2. The summed E-state index contributed by atoms with van der Waals surface area (Å²) in [6.07, 6.45) is 0.0583. The molecule has 3 N–H and O–H groups in total. The number of benzene rings is 1. The largest absolute Gasteiger partial charge is 0.369 e. The average Bonchev–Trinajstić information content (AvgIpc) is 3.27. The number of thiophene rings is 2. The van der Waals surface area contributed by atoms with Crippen molar-refractivity contribution in [3.05, 3.63) is 57.9 Å². The Kier molecular flexibility index (Phi) is 4.58. The standard InChI is InChI=1S/C18H13ClN4OS2/c19-11-3-1-10(2-4-11)15-7-13-17(26-15)14(8-16(20)24)22-23-18(13)21-12-5-6-25-9-12/h1-7,9H,8H2,(H2,20,24)(H,21,23). The fraction of sp³-hybridized carbons (Fsp3) is 0.0556. The number of carbonyl (C=O) groups is 1. The van der Waals surface area contributed by atoms with Crippen LogP contribution in [0.15, 0.2) is 47.2 Å². The van der Waals surface area contributed by atoms with E-state index in [0.717, 1.165) is 26.2 Å². The minimum atomic E-state index is -0.430. The Morgan fingerprint density at radius 2 is 2.00 bits per heavy atom. The molecule has 0 aliphatic heterocycles. The predicted molar refractivity (Wildman–Crippen MR) is 108 cm³/mol. The van der Waals surface area contributed by atoms with Gasteiger partial charge in [0.15, 0.2) is 5.82 Å². The molecule has 26 heavy (non-hydrogen) atoms. The molecule has 0 fully saturated rings. The molecular formula is C18H13ClN4OS2. The van der Waals surface area contributed by atoms with E-state index in [2.05, 4.69) is 21.6 Å². The van der Waals surface area contributed by atoms with Gasteiger partial charge in [0.1, 0.15) is 0 Å². The zero-order valence-electron chi connectivity index (χ0n) is 13.4. The van der Waals surface area contributed by atoms with Gasteiger partial charge in [-0.2, -0.15) is 16.4 Å². The number of fused-ring (bicyclic) bond motifs is 1. The number of nitrogens with two attached hydrogens (primary N) is 1. The monoisotopic (exact) mass is 400 g/mol. The topological polar surface area (TPSA) is 80.9 Å². The summed E-state index contributed by atoms with van der Waals surface area (Å²) in [5, 5.41) is 17.4. The maximum Gasteiger partial charge on any atom is 0.223 e. The molecule has 4 rings (SSSR count). The van der Waals surface area contributed by atoms with Gasteiger partial charge in [-0.1, -0.05) is 23.7 Å². The van der Waals surface area contributed by atoms with Gasteiger partial charge < -0.3 is 11.1 Å². The molecule has 8 heteroatoms. The predicted octanol–water partition coefficient (Wildman–Crippen LogP) is 4.84. The maximum absolute atomic E-state index is 11.4. The lowest BCUT2D eigenvalue weighted by Gasteiger charge is -2.05. The first-order chi connectivity index (χ1) is 12.6. The number of hydrogen-bond acceptors (Lipinski definition) is 6. The van der Waals surface area contributed by atoms with Gasteiger partial charge in [0.25, 0.3) is 0 Å². The number of carbonyl (C=O) groups excluding carboxylic acids is 1. The first-order valence-corrected chi connectivity index (χ1v) is 9.86. The van der Waals surface area contributed by atoms with Crippen molar-refractivity contribution in [1.29, 1.82) is 0 Å². The number of nitrogens with one attached hydrogen (secondary N) is 1. The van der Waals surface area contributed by atoms with E-state index in [9.17, 15) is 4.79 Å². The number of hydrogen-bond donors (Lipinski definition) is 2. The van der Waals surface area contributed by atoms with Gasteiger partial charge >= 0.3 is 0 Å². The Labute approximate surface area is 162 Å². The molecule has 0 unspecified atom stereocenters. The first-order valence-electron chi connectivity index (χ1n) is 7.73. The Balaban J connectivity index is 1.85. The summed E-state index contributed by atoms with van der Waals surface area (Å²) < 4.78 is 0.904. The molecule has 5 nitrogen and oxygen atoms in total. The van der Waals surface area contributed by atoms with E-state index < -0.39 is 5.91 Å². The lowest BCUT2D eigenvalue weighted by atomic mass is 10.1. The van der Waals surface area contributed by atoms with Crippen molar-refractivity contribution in [2.24, 2.45) is 5.73 Å². The van der Waals surface area contributed by atoms with Crippen LogP contribution in [0.1, 0.15) is 5.69 Å². The highest BCUT2D eigenvalue weighted by molar-refractivity contribution is 7.22. The maximum atomic E-state index is 11.4. The lowest BCUT2D eigenvalue weighted by molar-refractivity contribution is -0.117. The minimum Gasteiger partial charge on any atom is -0.369 e. The van der Waals surface area contributed by atoms with Crippen LogP contribution in [-0.2, 0) is 11.2 Å². The smallest absolute Gasteiger partial charge is 0.223 e. The number of nitrogens with zero attached hydrogens (tertiary/aromatic N) is 2. The Morgan fingerprint density at radius 3 is 2.69 bits per heavy atom. The number of rotatable bonds is 5. The highest BCUT2D eigenvalue weighted by atomic mass is 35.5. The van der Waals surface area contributed by atoms with Crippen molar-refractivity contribution >= 4 is 61.8 Å². The Morgan fingerprint density at radius 1 is 1.19 bits per heavy atom. The molecule has 1 aromatic carbocycles. The SMILES string of the molecule is NC(=O)Cc1nnc(Nc2ccsc2)c2cc(-c3ccc(Cl)cc3)sc12. The molecular weight excluding hydrogens is 388 g/mol. The quantitative estimate of drug-likeness (QED) is 0.502. The van der Waals surface area contributed by atoms with Gasteiger partial charge in [0.05, 0.1) is 22.5 Å². The fourth-order valence-electron chi connectivity index (χ4n) is 2.59. The summed E-state index contributed by atoms with van der Waals surface area (Å²) >= 11 is 9.15. The molecule has 0 bridgehead atoms. The zero-order chi connectivity index (χ0) is 18.1. The molecule has 4 aromatic rings. The van der Waals surface area contributed by atoms with Crippen LogP contribution in [0.4, 0.5) is 11.5 Å². The van der Waals surface area contributed by atoms with E-state index in [0.29, 0.717) is 16.5 Å². The van der Waals surface area contributed by atoms with E-state index in [4.69, 9.17) is 17.3 Å². The number of amides is 1. The number of aromatic nitrogens is 2. The second kappa shape index (κ2) is 7.03. The normalized spacial score (nSPS) is 11.0. The van der Waals surface area contributed by atoms with Crippen molar-refractivity contribution in [1.82, 2.24) is 10.2 Å². The van der Waals surface area contributed by atoms with E-state index in [-0.39, 0.29) is 6.42 Å². The van der Waals surface area contributed by atoms with Crippen LogP contribution in [0.3, 0.4) is 0 Å². The lowest BCUT2D eigenvalue weighted by Crippen LogP contribution is -2.15. The molecule has 0 radical (unpaired) electrons. The molecule has 130 valence electrons. The van der Waals surface area contributed by atoms with Crippen LogP contribution in [-0.4, -0.2) is 16.1 Å². The first kappa shape index (κ1) is 17.0. The molecule has 0 atom stereocenters. The molecule has 0 aliphatic carbocycles. The van der Waals surface area contributed by atoms with Gasteiger partial charge in [-0.15, -0.1) is 16.4 Å². The number of halogens is 1. The van der Waals surface area contributed by atoms with Crippen LogP contribution < -0.4 is 11.1 Å². The fourth-order valence-corrected chi connectivity index (χ4v) is 4.45. The Bertz CT molecular complexity index is 1070. The van der Waals surface area contributed by atoms with Crippen LogP contribution in [0.5, 0.6) is 0 Å². The van der Waals surface area contributed by atoms with E-state index in [1.165, 1.54) is 0 Å². The van der Waals surface area contributed by atoms with Crippen molar-refractivity contribution < 1.29 is 4.79 Å². The second-order valence-electron chi connectivity index (χ2n) is 5.64. The van der Waals surface area contributed by atoms with Crippen molar-refractivity contribution in [2.45, 2.75) is 6.42 Å². The molecule has 3 heterocycles. The minimum absolute atomic E-state index is 0.0583. The van der Waals surface area contributed by atoms with E-state index in [1.54, 1.807) is 22.7 Å². The van der Waals surface area contributed by atoms with Crippen molar-refractivity contribution in [3.8, 4) is 10.4 Å². The summed E-state index contributed by atoms with van der Waals surface area (Å²) in [4.78, 5) is 12.4. The highest BCUT2D eigenvalue weighted by Gasteiger charge is 2.16. The third-order valence-electron chi connectivity index (χ3n) is 3.77. The van der Waals surface area contributed by atoms with Crippen LogP contribution >= 0.6 is 34.3 Å². The molecule has 0 spiro atoms. The summed E-state index contributed by atoms with van der Waals surface area (Å²) in [6.45, 7) is 0. The molecule has 0 saturated heterocycles. The van der Waals surface area contributed by atoms with E-state index in [1.807, 2.05) is 41.1 Å². The van der Waals surface area contributed by atoms with E-state index >= 15 is 0 Å². The second-order valence-corrected chi connectivity index (χ2v) is 7.90. The molecule has 0 saturated carbocycles. The summed E-state index contributed by atoms with van der Waals surface area (Å²) in [5.41, 5.74) is 7.95. The third kappa shape index (κ3) is 3.41. The Hall–Kier alpha value is -2.48. The van der Waals surface area contributed by atoms with Crippen molar-refractivity contribution in [3.63, 3.8) is 0 Å². The van der Waals surface area contributed by atoms with Gasteiger partial charge in [-0.3, -0.25) is 4.79 Å². The third-order valence-corrected chi connectivity index (χ3v) is 5.94. The highest BCUT2D eigenvalue weighted by Crippen LogP contribution is 2.38. The number of primary amides is 1. The van der Waals surface area contributed by atoms with Crippen molar-refractivity contribution in [2.75, 3.05) is 5.32 Å². The van der Waals surface area contributed by atoms with Crippen LogP contribution in [0, 0.1) is 0 Å². The summed E-state index contributed by atoms with van der Waals surface area (Å²) in [5.74, 6) is 0.226. The van der Waals surface area contributed by atoms with Gasteiger partial charge in [-0.25, -0.2) is 0 Å². The van der Waals surface area contributed by atoms with Crippen LogP contribution in [0.25, 0.3) is 20.5 Å². The molecule has 0 aliphatic rings. The summed E-state index contributed by atoms with van der Waals surface area (Å²) in [6, 6.07) is 11.7. The van der Waals surface area contributed by atoms with Gasteiger partial charge in [0.2, 0.25) is 5.91 Å². The average molecular weight is 401 g/mol.